The zero-order chi connectivity index (χ0) is 16.3. The van der Waals surface area contributed by atoms with E-state index in [0.717, 1.165) is 11.1 Å². The van der Waals surface area contributed by atoms with E-state index in [1.807, 2.05) is 13.8 Å². The van der Waals surface area contributed by atoms with Crippen molar-refractivity contribution in [3.63, 3.8) is 0 Å². The fraction of sp³-hybridized carbons (Fsp3) is 0.286. The summed E-state index contributed by atoms with van der Waals surface area (Å²) in [5, 5.41) is 0.236. The third-order valence-corrected chi connectivity index (χ3v) is 4.80. The van der Waals surface area contributed by atoms with Crippen LogP contribution >= 0.6 is 11.6 Å². The van der Waals surface area contributed by atoms with E-state index in [2.05, 4.69) is 14.7 Å². The van der Waals surface area contributed by atoms with Crippen LogP contribution in [0, 0.1) is 13.8 Å². The molecule has 8 heteroatoms. The third kappa shape index (κ3) is 3.55. The van der Waals surface area contributed by atoms with Crippen molar-refractivity contribution in [1.29, 1.82) is 0 Å². The summed E-state index contributed by atoms with van der Waals surface area (Å²) >= 11 is 5.65. The monoisotopic (exact) mass is 341 g/mol. The van der Waals surface area contributed by atoms with Crippen molar-refractivity contribution >= 4 is 21.6 Å². The van der Waals surface area contributed by atoms with Gasteiger partial charge < -0.3 is 4.74 Å². The lowest BCUT2D eigenvalue weighted by Crippen LogP contribution is -2.24. The zero-order valence-corrected chi connectivity index (χ0v) is 14.0. The maximum atomic E-state index is 12.2. The molecule has 118 valence electrons. The third-order valence-electron chi connectivity index (χ3n) is 3.19. The molecule has 1 N–H and O–H groups in total. The Morgan fingerprint density at radius 1 is 1.23 bits per heavy atom. The van der Waals surface area contributed by atoms with Crippen LogP contribution in [-0.2, 0) is 16.6 Å². The van der Waals surface area contributed by atoms with E-state index in [0.29, 0.717) is 11.4 Å². The molecule has 0 unspecified atom stereocenters. The predicted molar refractivity (Wildman–Crippen MR) is 83.5 cm³/mol. The maximum Gasteiger partial charge on any atom is 0.242 e. The maximum absolute atomic E-state index is 12.2. The van der Waals surface area contributed by atoms with Gasteiger partial charge in [0, 0.05) is 23.5 Å². The lowest BCUT2D eigenvalue weighted by Gasteiger charge is -2.13. The summed E-state index contributed by atoms with van der Waals surface area (Å²) < 4.78 is 32.2. The molecule has 2 aromatic rings. The minimum atomic E-state index is -3.67. The molecule has 0 aliphatic rings. The number of nitrogens with zero attached hydrogens (tertiary/aromatic N) is 2. The van der Waals surface area contributed by atoms with Gasteiger partial charge in [0.2, 0.25) is 10.0 Å². The van der Waals surface area contributed by atoms with Gasteiger partial charge >= 0.3 is 0 Å². The fourth-order valence-electron chi connectivity index (χ4n) is 2.02. The second kappa shape index (κ2) is 6.60. The summed E-state index contributed by atoms with van der Waals surface area (Å²) in [6.45, 7) is 3.78. The molecule has 0 amide bonds. The smallest absolute Gasteiger partial charge is 0.242 e. The van der Waals surface area contributed by atoms with Crippen LogP contribution in [0.3, 0.4) is 0 Å². The molecule has 0 saturated carbocycles. The second-order valence-electron chi connectivity index (χ2n) is 4.69. The van der Waals surface area contributed by atoms with Crippen molar-refractivity contribution in [2.75, 3.05) is 7.11 Å². The number of halogens is 1. The zero-order valence-electron chi connectivity index (χ0n) is 12.4. The molecule has 22 heavy (non-hydrogen) atoms. The molecule has 0 aliphatic carbocycles. The summed E-state index contributed by atoms with van der Waals surface area (Å²) in [4.78, 5) is 8.07. The molecule has 0 atom stereocenters. The van der Waals surface area contributed by atoms with Gasteiger partial charge in [-0.3, -0.25) is 4.98 Å². The van der Waals surface area contributed by atoms with Crippen molar-refractivity contribution in [3.8, 4) is 5.75 Å². The Balaban J connectivity index is 2.21. The molecule has 0 radical (unpaired) electrons. The molecule has 0 aromatic carbocycles. The van der Waals surface area contributed by atoms with E-state index in [-0.39, 0.29) is 16.6 Å². The molecule has 0 fully saturated rings. The first-order valence-corrected chi connectivity index (χ1v) is 8.31. The molecular weight excluding hydrogens is 326 g/mol. The standard InChI is InChI=1S/C14H16ClN3O3S/c1-9-6-16-12(10(2)14(9)21-3)8-18-22(19,20)11-4-5-13(15)17-7-11/h4-7,18H,8H2,1-3H3. The molecule has 2 heterocycles. The van der Waals surface area contributed by atoms with Crippen LogP contribution in [0.15, 0.2) is 29.4 Å². The number of aryl methyl sites for hydroxylation is 1. The number of methoxy groups -OCH3 is 1. The number of pyridine rings is 2. The summed E-state index contributed by atoms with van der Waals surface area (Å²) in [7, 11) is -2.10. The highest BCUT2D eigenvalue weighted by Crippen LogP contribution is 2.24. The van der Waals surface area contributed by atoms with Crippen molar-refractivity contribution in [1.82, 2.24) is 14.7 Å². The van der Waals surface area contributed by atoms with Crippen molar-refractivity contribution in [2.45, 2.75) is 25.3 Å². The highest BCUT2D eigenvalue weighted by molar-refractivity contribution is 7.89. The minimum absolute atomic E-state index is 0.0497. The first-order chi connectivity index (χ1) is 10.3. The summed E-state index contributed by atoms with van der Waals surface area (Å²) in [5.41, 5.74) is 2.31. The lowest BCUT2D eigenvalue weighted by molar-refractivity contribution is 0.406. The number of hydrogen-bond acceptors (Lipinski definition) is 5. The van der Waals surface area contributed by atoms with Gasteiger partial charge in [0.05, 0.1) is 19.3 Å². The van der Waals surface area contributed by atoms with Gasteiger partial charge in [0.25, 0.3) is 0 Å². The topological polar surface area (TPSA) is 81.2 Å². The average molecular weight is 342 g/mol. The second-order valence-corrected chi connectivity index (χ2v) is 6.84. The largest absolute Gasteiger partial charge is 0.496 e. The first-order valence-electron chi connectivity index (χ1n) is 6.45. The van der Waals surface area contributed by atoms with Gasteiger partial charge in [-0.05, 0) is 26.0 Å². The average Bonchev–Trinajstić information content (AvgIpc) is 2.47. The van der Waals surface area contributed by atoms with Crippen molar-refractivity contribution in [3.05, 3.63) is 46.5 Å². The fourth-order valence-corrected chi connectivity index (χ4v) is 3.06. The Morgan fingerprint density at radius 3 is 2.55 bits per heavy atom. The summed E-state index contributed by atoms with van der Waals surface area (Å²) in [6, 6.07) is 2.82. The Kier molecular flexibility index (Phi) is 5.00. The Morgan fingerprint density at radius 2 is 1.95 bits per heavy atom. The van der Waals surface area contributed by atoms with E-state index >= 15 is 0 Å². The van der Waals surface area contributed by atoms with E-state index in [1.54, 1.807) is 13.3 Å². The summed E-state index contributed by atoms with van der Waals surface area (Å²) in [6.07, 6.45) is 2.86. The molecule has 2 rings (SSSR count). The molecule has 2 aromatic heterocycles. The van der Waals surface area contributed by atoms with E-state index in [9.17, 15) is 8.42 Å². The number of hydrogen-bond donors (Lipinski definition) is 1. The molecule has 0 spiro atoms. The molecule has 6 nitrogen and oxygen atoms in total. The minimum Gasteiger partial charge on any atom is -0.496 e. The lowest BCUT2D eigenvalue weighted by atomic mass is 10.1. The van der Waals surface area contributed by atoms with Crippen molar-refractivity contribution < 1.29 is 13.2 Å². The Bertz CT molecular complexity index is 777. The number of nitrogens with one attached hydrogen (secondary N) is 1. The van der Waals surface area contributed by atoms with Crippen molar-refractivity contribution in [2.24, 2.45) is 0 Å². The van der Waals surface area contributed by atoms with Crippen LogP contribution in [0.5, 0.6) is 5.75 Å². The van der Waals surface area contributed by atoms with Crippen LogP contribution in [0.25, 0.3) is 0 Å². The molecule has 0 bridgehead atoms. The molecular formula is C14H16ClN3O3S. The summed E-state index contributed by atoms with van der Waals surface area (Å²) in [5.74, 6) is 0.706. The Labute approximate surface area is 134 Å². The SMILES string of the molecule is COc1c(C)cnc(CNS(=O)(=O)c2ccc(Cl)nc2)c1C. The number of ether oxygens (including phenoxy) is 1. The van der Waals surface area contributed by atoms with Gasteiger partial charge in [0.15, 0.2) is 0 Å². The number of aromatic nitrogens is 2. The van der Waals surface area contributed by atoms with Gasteiger partial charge in [-0.15, -0.1) is 0 Å². The quantitative estimate of drug-likeness (QED) is 0.843. The molecule has 0 aliphatic heterocycles. The normalized spacial score (nSPS) is 11.5. The number of rotatable bonds is 5. The van der Waals surface area contributed by atoms with E-state index in [4.69, 9.17) is 16.3 Å². The van der Waals surface area contributed by atoms with Gasteiger partial charge in [-0.1, -0.05) is 11.6 Å². The molecule has 0 saturated heterocycles. The van der Waals surface area contributed by atoms with Gasteiger partial charge in [-0.2, -0.15) is 0 Å². The van der Waals surface area contributed by atoms with Gasteiger partial charge in [-0.25, -0.2) is 18.1 Å². The van der Waals surface area contributed by atoms with Crippen LogP contribution < -0.4 is 9.46 Å². The van der Waals surface area contributed by atoms with Crippen LogP contribution in [0.1, 0.15) is 16.8 Å². The van der Waals surface area contributed by atoms with Crippen LogP contribution in [-0.4, -0.2) is 25.5 Å². The van der Waals surface area contributed by atoms with E-state index < -0.39 is 10.0 Å². The Hall–Kier alpha value is -1.70. The van der Waals surface area contributed by atoms with Gasteiger partial charge in [0.1, 0.15) is 15.8 Å². The number of sulfonamides is 1. The van der Waals surface area contributed by atoms with E-state index in [1.165, 1.54) is 18.3 Å². The predicted octanol–water partition coefficient (Wildman–Crippen LogP) is 2.23. The first kappa shape index (κ1) is 16.7. The highest BCUT2D eigenvalue weighted by Gasteiger charge is 2.16. The highest BCUT2D eigenvalue weighted by atomic mass is 35.5. The van der Waals surface area contributed by atoms with Crippen LogP contribution in [0.4, 0.5) is 0 Å². The van der Waals surface area contributed by atoms with Crippen LogP contribution in [0.2, 0.25) is 5.15 Å².